The Morgan fingerprint density at radius 1 is 1.36 bits per heavy atom. The summed E-state index contributed by atoms with van der Waals surface area (Å²) in [5.41, 5.74) is 4.58. The van der Waals surface area contributed by atoms with E-state index >= 15 is 0 Å². The molecule has 0 saturated heterocycles. The van der Waals surface area contributed by atoms with Gasteiger partial charge in [0, 0.05) is 20.0 Å². The summed E-state index contributed by atoms with van der Waals surface area (Å²) in [7, 11) is 1.86. The van der Waals surface area contributed by atoms with Crippen molar-refractivity contribution in [3.63, 3.8) is 0 Å². The molecule has 2 N–H and O–H groups in total. The molecule has 1 amide bonds. The average molecular weight is 358 g/mol. The highest BCUT2D eigenvalue weighted by Crippen LogP contribution is 2.19. The van der Waals surface area contributed by atoms with E-state index < -0.39 is 0 Å². The molecular formula is C17H22N6OS. The smallest absolute Gasteiger partial charge is 0.230 e. The summed E-state index contributed by atoms with van der Waals surface area (Å²) in [6.07, 6.45) is 3.28. The standard InChI is InChI=1S/C17H22N6OS/c1-11-6-7-13-16(12(11)2)21-14(20-13)5-4-8-18-15(24)9-25-17-22-19-10-23(17)3/h6-7,10H,4-5,8-9H2,1-3H3,(H,18,24)(H,20,21). The molecule has 0 fully saturated rings. The molecule has 8 heteroatoms. The number of hydrogen-bond acceptors (Lipinski definition) is 5. The molecule has 0 radical (unpaired) electrons. The van der Waals surface area contributed by atoms with E-state index in [2.05, 4.69) is 51.5 Å². The van der Waals surface area contributed by atoms with Crippen LogP contribution in [-0.4, -0.2) is 42.9 Å². The van der Waals surface area contributed by atoms with E-state index in [4.69, 9.17) is 0 Å². The summed E-state index contributed by atoms with van der Waals surface area (Å²) in [4.78, 5) is 19.9. The van der Waals surface area contributed by atoms with Gasteiger partial charge in [0.2, 0.25) is 5.91 Å². The highest BCUT2D eigenvalue weighted by atomic mass is 32.2. The van der Waals surface area contributed by atoms with Gasteiger partial charge in [0.25, 0.3) is 0 Å². The molecule has 0 aliphatic rings. The number of imidazole rings is 1. The topological polar surface area (TPSA) is 88.5 Å². The van der Waals surface area contributed by atoms with E-state index in [1.54, 1.807) is 10.9 Å². The van der Waals surface area contributed by atoms with E-state index in [1.165, 1.54) is 22.9 Å². The number of nitrogens with one attached hydrogen (secondary N) is 2. The third-order valence-corrected chi connectivity index (χ3v) is 5.18. The number of amides is 1. The van der Waals surface area contributed by atoms with Gasteiger partial charge in [0.1, 0.15) is 12.2 Å². The van der Waals surface area contributed by atoms with Gasteiger partial charge >= 0.3 is 0 Å². The van der Waals surface area contributed by atoms with Crippen molar-refractivity contribution in [1.29, 1.82) is 0 Å². The van der Waals surface area contributed by atoms with Gasteiger partial charge in [0.15, 0.2) is 5.16 Å². The van der Waals surface area contributed by atoms with Gasteiger partial charge in [-0.1, -0.05) is 17.8 Å². The Kier molecular flexibility index (Phi) is 5.37. The van der Waals surface area contributed by atoms with E-state index in [-0.39, 0.29) is 5.91 Å². The lowest BCUT2D eigenvalue weighted by Gasteiger charge is -2.04. The zero-order valence-electron chi connectivity index (χ0n) is 14.7. The first kappa shape index (κ1) is 17.5. The van der Waals surface area contributed by atoms with E-state index in [9.17, 15) is 4.79 Å². The predicted octanol–water partition coefficient (Wildman–Crippen LogP) is 2.15. The van der Waals surface area contributed by atoms with Gasteiger partial charge in [-0.2, -0.15) is 0 Å². The molecule has 0 aliphatic heterocycles. The molecule has 0 aliphatic carbocycles. The molecule has 0 atom stereocenters. The first-order chi connectivity index (χ1) is 12.0. The Hall–Kier alpha value is -2.35. The fraction of sp³-hybridized carbons (Fsp3) is 0.412. The van der Waals surface area contributed by atoms with Crippen LogP contribution in [0, 0.1) is 13.8 Å². The zero-order chi connectivity index (χ0) is 17.8. The molecule has 25 heavy (non-hydrogen) atoms. The fourth-order valence-corrected chi connectivity index (χ4v) is 3.27. The van der Waals surface area contributed by atoms with Crippen LogP contribution >= 0.6 is 11.8 Å². The Bertz CT molecular complexity index is 885. The molecule has 3 aromatic rings. The lowest BCUT2D eigenvalue weighted by atomic mass is 10.1. The van der Waals surface area contributed by atoms with E-state index in [0.29, 0.717) is 12.3 Å². The number of H-pyrrole nitrogens is 1. The molecule has 132 valence electrons. The summed E-state index contributed by atoms with van der Waals surface area (Å²) in [5.74, 6) is 1.31. The third-order valence-electron chi connectivity index (χ3n) is 4.14. The van der Waals surface area contributed by atoms with Gasteiger partial charge in [-0.15, -0.1) is 10.2 Å². The maximum absolute atomic E-state index is 11.9. The number of benzene rings is 1. The van der Waals surface area contributed by atoms with Crippen molar-refractivity contribution in [1.82, 2.24) is 30.0 Å². The van der Waals surface area contributed by atoms with Crippen LogP contribution in [0.15, 0.2) is 23.6 Å². The quantitative estimate of drug-likeness (QED) is 0.499. The van der Waals surface area contributed by atoms with Crippen molar-refractivity contribution in [3.8, 4) is 0 Å². The lowest BCUT2D eigenvalue weighted by Crippen LogP contribution is -2.26. The number of thioether (sulfide) groups is 1. The second-order valence-electron chi connectivity index (χ2n) is 6.05. The summed E-state index contributed by atoms with van der Waals surface area (Å²) >= 11 is 1.38. The Morgan fingerprint density at radius 2 is 2.20 bits per heavy atom. The van der Waals surface area contributed by atoms with E-state index in [1.807, 2.05) is 7.05 Å². The maximum Gasteiger partial charge on any atom is 0.230 e. The van der Waals surface area contributed by atoms with Crippen LogP contribution in [0.4, 0.5) is 0 Å². The van der Waals surface area contributed by atoms with Gasteiger partial charge in [-0.25, -0.2) is 4.98 Å². The largest absolute Gasteiger partial charge is 0.355 e. The SMILES string of the molecule is Cc1ccc2[nH]c(CCCNC(=O)CSc3nncn3C)nc2c1C. The minimum Gasteiger partial charge on any atom is -0.355 e. The minimum atomic E-state index is 0.00377. The predicted molar refractivity (Wildman–Crippen MR) is 98.6 cm³/mol. The molecule has 2 aromatic heterocycles. The number of aryl methyl sites for hydroxylation is 4. The molecule has 0 bridgehead atoms. The maximum atomic E-state index is 11.9. The molecule has 1 aromatic carbocycles. The Labute approximate surface area is 150 Å². The summed E-state index contributed by atoms with van der Waals surface area (Å²) in [6, 6.07) is 4.17. The van der Waals surface area contributed by atoms with E-state index in [0.717, 1.165) is 34.9 Å². The molecule has 0 unspecified atom stereocenters. The second kappa shape index (κ2) is 7.69. The van der Waals surface area contributed by atoms with Gasteiger partial charge in [0.05, 0.1) is 16.8 Å². The molecule has 0 saturated carbocycles. The second-order valence-corrected chi connectivity index (χ2v) is 7.00. The normalized spacial score (nSPS) is 11.2. The van der Waals surface area contributed by atoms with Crippen molar-refractivity contribution in [3.05, 3.63) is 35.4 Å². The van der Waals surface area contributed by atoms with Crippen LogP contribution in [0.5, 0.6) is 0 Å². The monoisotopic (exact) mass is 358 g/mol. The van der Waals surface area contributed by atoms with Crippen LogP contribution in [-0.2, 0) is 18.3 Å². The van der Waals surface area contributed by atoms with Crippen LogP contribution in [0.3, 0.4) is 0 Å². The van der Waals surface area contributed by atoms with Crippen molar-refractivity contribution in [2.45, 2.75) is 31.8 Å². The lowest BCUT2D eigenvalue weighted by molar-refractivity contribution is -0.118. The van der Waals surface area contributed by atoms with Crippen molar-refractivity contribution >= 4 is 28.7 Å². The summed E-state index contributed by atoms with van der Waals surface area (Å²) in [5, 5.41) is 11.4. The number of rotatable bonds is 7. The highest BCUT2D eigenvalue weighted by Gasteiger charge is 2.08. The van der Waals surface area contributed by atoms with Crippen LogP contribution in [0.1, 0.15) is 23.4 Å². The zero-order valence-corrected chi connectivity index (χ0v) is 15.5. The number of fused-ring (bicyclic) bond motifs is 1. The van der Waals surface area contributed by atoms with Crippen molar-refractivity contribution < 1.29 is 4.79 Å². The van der Waals surface area contributed by atoms with Gasteiger partial charge in [-0.05, 0) is 37.5 Å². The Balaban J connectivity index is 1.43. The average Bonchev–Trinajstić information content (AvgIpc) is 3.19. The third kappa shape index (κ3) is 4.19. The number of aromatic amines is 1. The summed E-state index contributed by atoms with van der Waals surface area (Å²) < 4.78 is 1.79. The van der Waals surface area contributed by atoms with Gasteiger partial charge < -0.3 is 14.9 Å². The number of carbonyl (C=O) groups is 1. The number of nitrogens with zero attached hydrogens (tertiary/aromatic N) is 4. The fourth-order valence-electron chi connectivity index (χ4n) is 2.55. The molecular weight excluding hydrogens is 336 g/mol. The van der Waals surface area contributed by atoms with Crippen LogP contribution in [0.25, 0.3) is 11.0 Å². The Morgan fingerprint density at radius 3 is 2.96 bits per heavy atom. The number of carbonyl (C=O) groups excluding carboxylic acids is 1. The number of aromatic nitrogens is 5. The number of hydrogen-bond donors (Lipinski definition) is 2. The van der Waals surface area contributed by atoms with Crippen LogP contribution in [0.2, 0.25) is 0 Å². The molecule has 3 rings (SSSR count). The summed E-state index contributed by atoms with van der Waals surface area (Å²) in [6.45, 7) is 4.82. The van der Waals surface area contributed by atoms with Crippen molar-refractivity contribution in [2.75, 3.05) is 12.3 Å². The van der Waals surface area contributed by atoms with Crippen LogP contribution < -0.4 is 5.32 Å². The molecule has 7 nitrogen and oxygen atoms in total. The molecule has 0 spiro atoms. The first-order valence-corrected chi connectivity index (χ1v) is 9.21. The first-order valence-electron chi connectivity index (χ1n) is 8.23. The van der Waals surface area contributed by atoms with Gasteiger partial charge in [-0.3, -0.25) is 4.79 Å². The highest BCUT2D eigenvalue weighted by molar-refractivity contribution is 7.99. The van der Waals surface area contributed by atoms with Crippen molar-refractivity contribution in [2.24, 2.45) is 7.05 Å². The minimum absolute atomic E-state index is 0.00377. The molecule has 2 heterocycles.